The van der Waals surface area contributed by atoms with Gasteiger partial charge in [-0.25, -0.2) is 0 Å². The number of benzene rings is 2. The number of nitrogens with one attached hydrogen (secondary N) is 1. The summed E-state index contributed by atoms with van der Waals surface area (Å²) < 4.78 is 16.8. The van der Waals surface area contributed by atoms with E-state index in [4.69, 9.17) is 14.2 Å². The molecule has 0 aliphatic carbocycles. The zero-order chi connectivity index (χ0) is 19.6. The maximum Gasteiger partial charge on any atom is 0.220 e. The monoisotopic (exact) mass is 383 g/mol. The van der Waals surface area contributed by atoms with Crippen LogP contribution in [0, 0.1) is 0 Å². The van der Waals surface area contributed by atoms with Gasteiger partial charge in [-0.05, 0) is 54.7 Å². The van der Waals surface area contributed by atoms with E-state index in [-0.39, 0.29) is 5.91 Å². The number of aryl methyl sites for hydroxylation is 1. The number of ether oxygens (including phenoxy) is 3. The van der Waals surface area contributed by atoms with E-state index in [0.717, 1.165) is 48.7 Å². The second-order valence-electron chi connectivity index (χ2n) is 6.92. The van der Waals surface area contributed by atoms with Gasteiger partial charge in [-0.2, -0.15) is 0 Å². The first-order valence-electron chi connectivity index (χ1n) is 10.1. The van der Waals surface area contributed by atoms with Crippen molar-refractivity contribution < 1.29 is 19.0 Å². The predicted molar refractivity (Wildman–Crippen MR) is 109 cm³/mol. The number of amides is 1. The minimum atomic E-state index is 0.0643. The fraction of sp³-hybridized carbons (Fsp3) is 0.435. The molecule has 5 nitrogen and oxygen atoms in total. The standard InChI is InChI=1S/C23H29NO4/c1-2-3-14-26-20-8-4-18(5-9-20)12-13-24-23(25)11-7-19-6-10-21-22(17-19)28-16-15-27-21/h4-6,8-10,17H,2-3,7,11-16H2,1H3,(H,24,25). The average Bonchev–Trinajstić information content (AvgIpc) is 2.73. The van der Waals surface area contributed by atoms with Gasteiger partial charge >= 0.3 is 0 Å². The predicted octanol–water partition coefficient (Wildman–Crippen LogP) is 3.93. The van der Waals surface area contributed by atoms with Gasteiger partial charge in [-0.1, -0.05) is 31.5 Å². The Morgan fingerprint density at radius 2 is 1.75 bits per heavy atom. The molecule has 1 N–H and O–H groups in total. The SMILES string of the molecule is CCCCOc1ccc(CCNC(=O)CCc2ccc3c(c2)OCCO3)cc1. The lowest BCUT2D eigenvalue weighted by Gasteiger charge is -2.18. The van der Waals surface area contributed by atoms with E-state index in [2.05, 4.69) is 24.4 Å². The molecule has 1 aliphatic heterocycles. The number of rotatable bonds is 10. The molecule has 0 unspecified atom stereocenters. The molecule has 1 heterocycles. The van der Waals surface area contributed by atoms with Crippen molar-refractivity contribution >= 4 is 5.91 Å². The van der Waals surface area contributed by atoms with Crippen LogP contribution >= 0.6 is 0 Å². The van der Waals surface area contributed by atoms with Gasteiger partial charge < -0.3 is 19.5 Å². The van der Waals surface area contributed by atoms with Gasteiger partial charge in [0.05, 0.1) is 6.61 Å². The minimum absolute atomic E-state index is 0.0643. The summed E-state index contributed by atoms with van der Waals surface area (Å²) >= 11 is 0. The molecule has 0 radical (unpaired) electrons. The van der Waals surface area contributed by atoms with Crippen molar-refractivity contribution in [2.75, 3.05) is 26.4 Å². The summed E-state index contributed by atoms with van der Waals surface area (Å²) in [5, 5.41) is 2.99. The molecular formula is C23H29NO4. The lowest BCUT2D eigenvalue weighted by molar-refractivity contribution is -0.121. The second kappa shape index (κ2) is 10.6. The van der Waals surface area contributed by atoms with Gasteiger partial charge in [0.25, 0.3) is 0 Å². The normalized spacial score (nSPS) is 12.5. The molecule has 0 saturated carbocycles. The molecule has 0 bridgehead atoms. The quantitative estimate of drug-likeness (QED) is 0.632. The molecule has 3 rings (SSSR count). The summed E-state index contributed by atoms with van der Waals surface area (Å²) in [6.07, 6.45) is 4.16. The van der Waals surface area contributed by atoms with Crippen LogP contribution in [-0.2, 0) is 17.6 Å². The van der Waals surface area contributed by atoms with Crippen LogP contribution in [0.15, 0.2) is 42.5 Å². The van der Waals surface area contributed by atoms with Crippen molar-refractivity contribution in [3.63, 3.8) is 0 Å². The third kappa shape index (κ3) is 6.19. The van der Waals surface area contributed by atoms with Crippen LogP contribution in [-0.4, -0.2) is 32.3 Å². The summed E-state index contributed by atoms with van der Waals surface area (Å²) in [6, 6.07) is 14.0. The summed E-state index contributed by atoms with van der Waals surface area (Å²) in [5.41, 5.74) is 2.27. The van der Waals surface area contributed by atoms with E-state index in [1.807, 2.05) is 30.3 Å². The molecule has 0 atom stereocenters. The van der Waals surface area contributed by atoms with E-state index in [1.165, 1.54) is 5.56 Å². The van der Waals surface area contributed by atoms with Crippen LogP contribution in [0.5, 0.6) is 17.2 Å². The van der Waals surface area contributed by atoms with E-state index < -0.39 is 0 Å². The molecule has 150 valence electrons. The third-order valence-electron chi connectivity index (χ3n) is 4.67. The van der Waals surface area contributed by atoms with E-state index in [1.54, 1.807) is 0 Å². The van der Waals surface area contributed by atoms with Crippen molar-refractivity contribution in [3.8, 4) is 17.2 Å². The molecule has 2 aromatic carbocycles. The van der Waals surface area contributed by atoms with Gasteiger partial charge in [0.15, 0.2) is 11.5 Å². The Balaban J connectivity index is 1.35. The van der Waals surface area contributed by atoms with Crippen LogP contribution in [0.4, 0.5) is 0 Å². The van der Waals surface area contributed by atoms with Gasteiger partial charge in [0.2, 0.25) is 5.91 Å². The van der Waals surface area contributed by atoms with E-state index >= 15 is 0 Å². The number of carbonyl (C=O) groups is 1. The van der Waals surface area contributed by atoms with Gasteiger partial charge in [-0.3, -0.25) is 4.79 Å². The van der Waals surface area contributed by atoms with Gasteiger partial charge in [0.1, 0.15) is 19.0 Å². The van der Waals surface area contributed by atoms with Crippen LogP contribution < -0.4 is 19.5 Å². The highest BCUT2D eigenvalue weighted by Crippen LogP contribution is 2.31. The molecule has 0 fully saturated rings. The number of carbonyl (C=O) groups excluding carboxylic acids is 1. The Kier molecular flexibility index (Phi) is 7.59. The summed E-state index contributed by atoms with van der Waals surface area (Å²) in [5.74, 6) is 2.52. The van der Waals surface area contributed by atoms with Crippen LogP contribution in [0.2, 0.25) is 0 Å². The largest absolute Gasteiger partial charge is 0.494 e. The van der Waals surface area contributed by atoms with Crippen LogP contribution in [0.3, 0.4) is 0 Å². The summed E-state index contributed by atoms with van der Waals surface area (Å²) in [6.45, 7) is 4.70. The minimum Gasteiger partial charge on any atom is -0.494 e. The topological polar surface area (TPSA) is 56.8 Å². The highest BCUT2D eigenvalue weighted by molar-refractivity contribution is 5.76. The number of fused-ring (bicyclic) bond motifs is 1. The zero-order valence-electron chi connectivity index (χ0n) is 16.5. The maximum atomic E-state index is 12.1. The maximum absolute atomic E-state index is 12.1. The molecule has 28 heavy (non-hydrogen) atoms. The Bertz CT molecular complexity index is 758. The molecular weight excluding hydrogens is 354 g/mol. The fourth-order valence-corrected chi connectivity index (χ4v) is 3.02. The molecule has 5 heteroatoms. The Hall–Kier alpha value is -2.69. The van der Waals surface area contributed by atoms with Crippen molar-refractivity contribution in [2.45, 2.75) is 39.0 Å². The first-order chi connectivity index (χ1) is 13.7. The average molecular weight is 383 g/mol. The molecule has 0 aromatic heterocycles. The molecule has 1 amide bonds. The van der Waals surface area contributed by atoms with Gasteiger partial charge in [0, 0.05) is 13.0 Å². The highest BCUT2D eigenvalue weighted by atomic mass is 16.6. The zero-order valence-corrected chi connectivity index (χ0v) is 16.5. The smallest absolute Gasteiger partial charge is 0.220 e. The van der Waals surface area contributed by atoms with Crippen molar-refractivity contribution in [2.24, 2.45) is 0 Å². The Labute approximate surface area is 167 Å². The summed E-state index contributed by atoms with van der Waals surface area (Å²) in [4.78, 5) is 12.1. The summed E-state index contributed by atoms with van der Waals surface area (Å²) in [7, 11) is 0. The fourth-order valence-electron chi connectivity index (χ4n) is 3.02. The molecule has 1 aliphatic rings. The van der Waals surface area contributed by atoms with Crippen molar-refractivity contribution in [1.29, 1.82) is 0 Å². The number of hydrogen-bond donors (Lipinski definition) is 1. The third-order valence-corrected chi connectivity index (χ3v) is 4.67. The van der Waals surface area contributed by atoms with Crippen LogP contribution in [0.1, 0.15) is 37.3 Å². The second-order valence-corrected chi connectivity index (χ2v) is 6.92. The Morgan fingerprint density at radius 1 is 1.00 bits per heavy atom. The van der Waals surface area contributed by atoms with Crippen molar-refractivity contribution in [3.05, 3.63) is 53.6 Å². The van der Waals surface area contributed by atoms with Crippen molar-refractivity contribution in [1.82, 2.24) is 5.32 Å². The number of hydrogen-bond acceptors (Lipinski definition) is 4. The first-order valence-corrected chi connectivity index (χ1v) is 10.1. The van der Waals surface area contributed by atoms with Crippen LogP contribution in [0.25, 0.3) is 0 Å². The van der Waals surface area contributed by atoms with E-state index in [0.29, 0.717) is 32.6 Å². The Morgan fingerprint density at radius 3 is 2.54 bits per heavy atom. The molecule has 0 saturated heterocycles. The molecule has 0 spiro atoms. The first kappa shape index (κ1) is 20.1. The molecule has 2 aromatic rings. The lowest BCUT2D eigenvalue weighted by Crippen LogP contribution is -2.25. The number of unbranched alkanes of at least 4 members (excludes halogenated alkanes) is 1. The van der Waals surface area contributed by atoms with Gasteiger partial charge in [-0.15, -0.1) is 0 Å². The highest BCUT2D eigenvalue weighted by Gasteiger charge is 2.12. The van der Waals surface area contributed by atoms with E-state index in [9.17, 15) is 4.79 Å². The lowest BCUT2D eigenvalue weighted by atomic mass is 10.1.